The normalized spacial score (nSPS) is 11.7. The molecule has 4 nitrogen and oxygen atoms in total. The van der Waals surface area contributed by atoms with Gasteiger partial charge in [0.05, 0.1) is 6.61 Å². The molecule has 0 aromatic heterocycles. The molecule has 0 atom stereocenters. The zero-order valence-electron chi connectivity index (χ0n) is 7.83. The van der Waals surface area contributed by atoms with Crippen molar-refractivity contribution in [2.75, 3.05) is 0 Å². The Morgan fingerprint density at radius 1 is 1.33 bits per heavy atom. The quantitative estimate of drug-likeness (QED) is 0.852. The van der Waals surface area contributed by atoms with Crippen LogP contribution in [0.25, 0.3) is 0 Å². The summed E-state index contributed by atoms with van der Waals surface area (Å²) in [6.45, 7) is 0.768. The lowest BCUT2D eigenvalue weighted by atomic mass is 10.1. The molecule has 7 heteroatoms. The van der Waals surface area contributed by atoms with Crippen LogP contribution in [0.15, 0.2) is 12.1 Å². The summed E-state index contributed by atoms with van der Waals surface area (Å²) in [5.74, 6) is -1.37. The third kappa shape index (κ3) is 3.54. The molecule has 0 aliphatic rings. The minimum absolute atomic E-state index is 0.131. The van der Waals surface area contributed by atoms with Crippen LogP contribution in [0, 0.1) is 18.6 Å². The van der Waals surface area contributed by atoms with Crippen LogP contribution in [0.5, 0.6) is 0 Å². The lowest BCUT2D eigenvalue weighted by Gasteiger charge is -2.04. The minimum Gasteiger partial charge on any atom is -0.253 e. The van der Waals surface area contributed by atoms with Gasteiger partial charge in [-0.05, 0) is 24.6 Å². The molecule has 0 aliphatic carbocycles. The van der Waals surface area contributed by atoms with Crippen molar-refractivity contribution >= 4 is 10.3 Å². The van der Waals surface area contributed by atoms with Gasteiger partial charge in [-0.1, -0.05) is 0 Å². The molecule has 0 amide bonds. The molecular weight excluding hydrogens is 228 g/mol. The van der Waals surface area contributed by atoms with Gasteiger partial charge in [0.1, 0.15) is 11.6 Å². The number of halogens is 2. The third-order valence-electron chi connectivity index (χ3n) is 1.71. The highest BCUT2D eigenvalue weighted by Gasteiger charge is 2.10. The average molecular weight is 237 g/mol. The fraction of sp³-hybridized carbons (Fsp3) is 0.250. The molecule has 1 rings (SSSR count). The van der Waals surface area contributed by atoms with Gasteiger partial charge in [0.25, 0.3) is 0 Å². The molecule has 0 saturated carbocycles. The van der Waals surface area contributed by atoms with Gasteiger partial charge in [-0.2, -0.15) is 8.42 Å². The highest BCUT2D eigenvalue weighted by molar-refractivity contribution is 7.84. The van der Waals surface area contributed by atoms with E-state index in [1.807, 2.05) is 0 Å². The maximum absolute atomic E-state index is 13.1. The van der Waals surface area contributed by atoms with Crippen LogP contribution in [0.3, 0.4) is 0 Å². The van der Waals surface area contributed by atoms with Crippen LogP contribution < -0.4 is 5.14 Å². The Balaban J connectivity index is 2.91. The SMILES string of the molecule is Cc1cc(F)c(COS(N)(=O)=O)cc1F. The molecule has 15 heavy (non-hydrogen) atoms. The summed E-state index contributed by atoms with van der Waals surface area (Å²) in [4.78, 5) is 0. The summed E-state index contributed by atoms with van der Waals surface area (Å²) in [7, 11) is -4.15. The Labute approximate surface area is 85.9 Å². The predicted molar refractivity (Wildman–Crippen MR) is 49.0 cm³/mol. The van der Waals surface area contributed by atoms with Crippen molar-refractivity contribution in [3.63, 3.8) is 0 Å². The van der Waals surface area contributed by atoms with E-state index in [-0.39, 0.29) is 11.1 Å². The first-order chi connectivity index (χ1) is 6.79. The van der Waals surface area contributed by atoms with E-state index in [0.29, 0.717) is 0 Å². The van der Waals surface area contributed by atoms with E-state index in [1.165, 1.54) is 6.92 Å². The molecule has 2 N–H and O–H groups in total. The molecule has 0 radical (unpaired) electrons. The monoisotopic (exact) mass is 237 g/mol. The van der Waals surface area contributed by atoms with Crippen molar-refractivity contribution < 1.29 is 21.4 Å². The Kier molecular flexibility index (Phi) is 3.38. The van der Waals surface area contributed by atoms with Gasteiger partial charge in [0.2, 0.25) is 0 Å². The maximum atomic E-state index is 13.1. The molecule has 0 unspecified atom stereocenters. The van der Waals surface area contributed by atoms with Crippen molar-refractivity contribution in [1.82, 2.24) is 0 Å². The number of nitrogens with two attached hydrogens (primary N) is 1. The summed E-state index contributed by atoms with van der Waals surface area (Å²) in [5, 5.41) is 4.54. The first-order valence-electron chi connectivity index (χ1n) is 3.91. The van der Waals surface area contributed by atoms with E-state index in [1.54, 1.807) is 0 Å². The summed E-state index contributed by atoms with van der Waals surface area (Å²) >= 11 is 0. The standard InChI is InChI=1S/C8H9F2NO3S/c1-5-2-8(10)6(3-7(5)9)4-14-15(11,12)13/h2-3H,4H2,1H3,(H2,11,12,13). The van der Waals surface area contributed by atoms with Crippen molar-refractivity contribution in [3.8, 4) is 0 Å². The van der Waals surface area contributed by atoms with Crippen molar-refractivity contribution in [3.05, 3.63) is 34.9 Å². The van der Waals surface area contributed by atoms with Crippen molar-refractivity contribution in [1.29, 1.82) is 0 Å². The molecule has 1 aromatic carbocycles. The Hall–Kier alpha value is -1.05. The molecule has 0 spiro atoms. The lowest BCUT2D eigenvalue weighted by molar-refractivity contribution is 0.302. The highest BCUT2D eigenvalue weighted by Crippen LogP contribution is 2.15. The molecular formula is C8H9F2NO3S. The lowest BCUT2D eigenvalue weighted by Crippen LogP contribution is -2.16. The fourth-order valence-electron chi connectivity index (χ4n) is 0.944. The van der Waals surface area contributed by atoms with E-state index in [4.69, 9.17) is 0 Å². The van der Waals surface area contributed by atoms with Gasteiger partial charge in [0.15, 0.2) is 0 Å². The summed E-state index contributed by atoms with van der Waals surface area (Å²) in [6.07, 6.45) is 0. The number of hydrogen-bond donors (Lipinski definition) is 1. The second-order valence-electron chi connectivity index (χ2n) is 2.95. The van der Waals surface area contributed by atoms with Gasteiger partial charge in [-0.15, -0.1) is 0 Å². The van der Waals surface area contributed by atoms with Gasteiger partial charge < -0.3 is 0 Å². The van der Waals surface area contributed by atoms with Crippen molar-refractivity contribution in [2.45, 2.75) is 13.5 Å². The summed E-state index contributed by atoms with van der Waals surface area (Å²) in [6, 6.07) is 1.83. The van der Waals surface area contributed by atoms with Crippen LogP contribution in [-0.4, -0.2) is 8.42 Å². The second kappa shape index (κ2) is 4.21. The van der Waals surface area contributed by atoms with Crippen LogP contribution in [0.4, 0.5) is 8.78 Å². The predicted octanol–water partition coefficient (Wildman–Crippen LogP) is 0.993. The average Bonchev–Trinajstić information content (AvgIpc) is 2.07. The van der Waals surface area contributed by atoms with Crippen LogP contribution in [0.1, 0.15) is 11.1 Å². The topological polar surface area (TPSA) is 69.4 Å². The van der Waals surface area contributed by atoms with E-state index in [9.17, 15) is 17.2 Å². The van der Waals surface area contributed by atoms with E-state index in [0.717, 1.165) is 12.1 Å². The smallest absolute Gasteiger partial charge is 0.253 e. The largest absolute Gasteiger partial charge is 0.333 e. The molecule has 84 valence electrons. The minimum atomic E-state index is -4.15. The molecule has 0 aliphatic heterocycles. The zero-order valence-corrected chi connectivity index (χ0v) is 8.64. The van der Waals surface area contributed by atoms with Gasteiger partial charge in [-0.3, -0.25) is 4.18 Å². The molecule has 0 heterocycles. The molecule has 1 aromatic rings. The maximum Gasteiger partial charge on any atom is 0.333 e. The number of aryl methyl sites for hydroxylation is 1. The third-order valence-corrected chi connectivity index (χ3v) is 2.15. The van der Waals surface area contributed by atoms with Crippen LogP contribution in [-0.2, 0) is 21.1 Å². The first-order valence-corrected chi connectivity index (χ1v) is 5.38. The first kappa shape index (κ1) is 12.0. The van der Waals surface area contributed by atoms with Crippen molar-refractivity contribution in [2.24, 2.45) is 5.14 Å². The number of rotatable bonds is 3. The van der Waals surface area contributed by atoms with E-state index < -0.39 is 28.5 Å². The molecule has 0 saturated heterocycles. The Bertz CT molecular complexity index is 473. The van der Waals surface area contributed by atoms with Crippen LogP contribution in [0.2, 0.25) is 0 Å². The van der Waals surface area contributed by atoms with Gasteiger partial charge in [-0.25, -0.2) is 13.9 Å². The van der Waals surface area contributed by atoms with Gasteiger partial charge in [0, 0.05) is 5.56 Å². The van der Waals surface area contributed by atoms with Crippen LogP contribution >= 0.6 is 0 Å². The van der Waals surface area contributed by atoms with E-state index >= 15 is 0 Å². The fourth-order valence-corrected chi connectivity index (χ4v) is 1.23. The highest BCUT2D eigenvalue weighted by atomic mass is 32.2. The Morgan fingerprint density at radius 2 is 1.93 bits per heavy atom. The van der Waals surface area contributed by atoms with E-state index in [2.05, 4.69) is 9.32 Å². The number of hydrogen-bond acceptors (Lipinski definition) is 3. The summed E-state index contributed by atoms with van der Waals surface area (Å²) in [5.41, 5.74) is -0.0704. The molecule has 0 bridgehead atoms. The summed E-state index contributed by atoms with van der Waals surface area (Å²) < 4.78 is 51.0. The Morgan fingerprint density at radius 3 is 2.47 bits per heavy atom. The van der Waals surface area contributed by atoms with Gasteiger partial charge >= 0.3 is 10.3 Å². The second-order valence-corrected chi connectivity index (χ2v) is 4.17. The zero-order chi connectivity index (χ0) is 11.6. The molecule has 0 fully saturated rings. The number of benzene rings is 1.